The molecule has 0 aliphatic heterocycles. The lowest BCUT2D eigenvalue weighted by molar-refractivity contribution is 0.0182. The SMILES string of the molecule is CCOCCOCCOCCN(CCO)c1ccc(C=O)cc1OC. The van der Waals surface area contributed by atoms with E-state index in [-0.39, 0.29) is 6.61 Å². The first kappa shape index (κ1) is 21.4. The predicted octanol–water partition coefficient (Wildman–Crippen LogP) is 1.38. The molecular formula is C18H29NO6. The van der Waals surface area contributed by atoms with E-state index < -0.39 is 0 Å². The van der Waals surface area contributed by atoms with E-state index in [9.17, 15) is 9.90 Å². The molecule has 7 heteroatoms. The molecule has 0 saturated carbocycles. The average molecular weight is 355 g/mol. The Morgan fingerprint density at radius 2 is 1.72 bits per heavy atom. The maximum atomic E-state index is 10.9. The van der Waals surface area contributed by atoms with E-state index in [1.807, 2.05) is 17.9 Å². The summed E-state index contributed by atoms with van der Waals surface area (Å²) in [5, 5.41) is 9.29. The smallest absolute Gasteiger partial charge is 0.150 e. The van der Waals surface area contributed by atoms with Crippen LogP contribution < -0.4 is 9.64 Å². The van der Waals surface area contributed by atoms with Crippen molar-refractivity contribution in [3.63, 3.8) is 0 Å². The van der Waals surface area contributed by atoms with E-state index in [1.165, 1.54) is 0 Å². The Labute approximate surface area is 149 Å². The fourth-order valence-electron chi connectivity index (χ4n) is 2.26. The van der Waals surface area contributed by atoms with E-state index in [2.05, 4.69) is 0 Å². The Morgan fingerprint density at radius 1 is 1.04 bits per heavy atom. The zero-order valence-corrected chi connectivity index (χ0v) is 15.1. The molecule has 1 rings (SSSR count). The van der Waals surface area contributed by atoms with Gasteiger partial charge in [-0.05, 0) is 25.1 Å². The van der Waals surface area contributed by atoms with Crippen LogP contribution in [0.2, 0.25) is 0 Å². The molecule has 0 aromatic heterocycles. The standard InChI is InChI=1S/C18H29NO6/c1-3-23-10-11-25-13-12-24-9-7-19(6-8-20)17-5-4-16(15-21)14-18(17)22-2/h4-5,14-15,20H,3,6-13H2,1-2H3. The van der Waals surface area contributed by atoms with Gasteiger partial charge >= 0.3 is 0 Å². The van der Waals surface area contributed by atoms with Gasteiger partial charge in [0.1, 0.15) is 12.0 Å². The van der Waals surface area contributed by atoms with Crippen molar-refractivity contribution >= 4 is 12.0 Å². The van der Waals surface area contributed by atoms with Crippen LogP contribution in [0, 0.1) is 0 Å². The minimum Gasteiger partial charge on any atom is -0.495 e. The van der Waals surface area contributed by atoms with Gasteiger partial charge in [0.15, 0.2) is 0 Å². The molecule has 0 spiro atoms. The number of ether oxygens (including phenoxy) is 4. The van der Waals surface area contributed by atoms with Crippen molar-refractivity contribution in [3.05, 3.63) is 23.8 Å². The van der Waals surface area contributed by atoms with Crippen molar-refractivity contribution in [2.75, 3.05) is 71.3 Å². The number of carbonyl (C=O) groups is 1. The number of aliphatic hydroxyl groups is 1. The second kappa shape index (κ2) is 13.6. The Morgan fingerprint density at radius 3 is 2.32 bits per heavy atom. The van der Waals surface area contributed by atoms with Gasteiger partial charge in [-0.2, -0.15) is 0 Å². The molecule has 0 fully saturated rings. The molecule has 1 N–H and O–H groups in total. The predicted molar refractivity (Wildman–Crippen MR) is 95.8 cm³/mol. The van der Waals surface area contributed by atoms with Crippen LogP contribution in [0.1, 0.15) is 17.3 Å². The topological polar surface area (TPSA) is 77.5 Å². The van der Waals surface area contributed by atoms with Crippen LogP contribution in [0.3, 0.4) is 0 Å². The summed E-state index contributed by atoms with van der Waals surface area (Å²) in [6, 6.07) is 5.22. The molecule has 0 atom stereocenters. The summed E-state index contributed by atoms with van der Waals surface area (Å²) in [4.78, 5) is 12.8. The highest BCUT2D eigenvalue weighted by Gasteiger charge is 2.12. The number of aldehydes is 1. The van der Waals surface area contributed by atoms with Crippen molar-refractivity contribution in [1.82, 2.24) is 0 Å². The molecule has 1 aromatic carbocycles. The van der Waals surface area contributed by atoms with Gasteiger partial charge in [-0.15, -0.1) is 0 Å². The summed E-state index contributed by atoms with van der Waals surface area (Å²) >= 11 is 0. The molecule has 0 radical (unpaired) electrons. The first-order chi connectivity index (χ1) is 12.3. The number of carbonyl (C=O) groups excluding carboxylic acids is 1. The van der Waals surface area contributed by atoms with Crippen molar-refractivity contribution in [2.45, 2.75) is 6.92 Å². The first-order valence-electron chi connectivity index (χ1n) is 8.49. The number of methoxy groups -OCH3 is 1. The summed E-state index contributed by atoms with van der Waals surface area (Å²) in [5.74, 6) is 0.595. The van der Waals surface area contributed by atoms with Crippen molar-refractivity contribution in [2.24, 2.45) is 0 Å². The highest BCUT2D eigenvalue weighted by Crippen LogP contribution is 2.28. The van der Waals surface area contributed by atoms with Crippen molar-refractivity contribution in [1.29, 1.82) is 0 Å². The fraction of sp³-hybridized carbons (Fsp3) is 0.611. The van der Waals surface area contributed by atoms with Gasteiger partial charge in [0.2, 0.25) is 0 Å². The number of benzene rings is 1. The van der Waals surface area contributed by atoms with Crippen LogP contribution in [0.5, 0.6) is 5.75 Å². The van der Waals surface area contributed by atoms with Crippen LogP contribution in [-0.4, -0.2) is 77.8 Å². The molecule has 1 aromatic rings. The van der Waals surface area contributed by atoms with Gasteiger partial charge in [-0.3, -0.25) is 4.79 Å². The van der Waals surface area contributed by atoms with Crippen molar-refractivity contribution in [3.8, 4) is 5.75 Å². The summed E-state index contributed by atoms with van der Waals surface area (Å²) in [6.45, 7) is 6.37. The summed E-state index contributed by atoms with van der Waals surface area (Å²) < 4.78 is 21.5. The first-order valence-corrected chi connectivity index (χ1v) is 8.49. The van der Waals surface area contributed by atoms with E-state index >= 15 is 0 Å². The molecule has 0 aliphatic carbocycles. The monoisotopic (exact) mass is 355 g/mol. The molecular weight excluding hydrogens is 326 g/mol. The Kier molecular flexibility index (Phi) is 11.6. The van der Waals surface area contributed by atoms with E-state index in [0.29, 0.717) is 64.0 Å². The number of aliphatic hydroxyl groups excluding tert-OH is 1. The van der Waals surface area contributed by atoms with Crippen LogP contribution in [0.4, 0.5) is 5.69 Å². The summed E-state index contributed by atoms with van der Waals surface area (Å²) in [5.41, 5.74) is 1.36. The quantitative estimate of drug-likeness (QED) is 0.376. The second-order valence-electron chi connectivity index (χ2n) is 5.18. The van der Waals surface area contributed by atoms with Gasteiger partial charge in [0, 0.05) is 25.3 Å². The van der Waals surface area contributed by atoms with Gasteiger partial charge < -0.3 is 29.0 Å². The number of anilines is 1. The number of hydrogen-bond donors (Lipinski definition) is 1. The highest BCUT2D eigenvalue weighted by molar-refractivity contribution is 5.78. The van der Waals surface area contributed by atoms with Gasteiger partial charge in [-0.25, -0.2) is 0 Å². The Hall–Kier alpha value is -1.67. The van der Waals surface area contributed by atoms with E-state index in [0.717, 1.165) is 12.0 Å². The van der Waals surface area contributed by atoms with Gasteiger partial charge in [0.25, 0.3) is 0 Å². The number of rotatable bonds is 15. The largest absolute Gasteiger partial charge is 0.495 e. The molecule has 142 valence electrons. The van der Waals surface area contributed by atoms with Gasteiger partial charge in [0.05, 0.1) is 52.4 Å². The molecule has 0 bridgehead atoms. The van der Waals surface area contributed by atoms with Crippen molar-refractivity contribution < 1.29 is 28.8 Å². The lowest BCUT2D eigenvalue weighted by atomic mass is 10.2. The minimum absolute atomic E-state index is 0.0130. The molecule has 25 heavy (non-hydrogen) atoms. The average Bonchev–Trinajstić information content (AvgIpc) is 2.65. The second-order valence-corrected chi connectivity index (χ2v) is 5.18. The minimum atomic E-state index is 0.0130. The Balaban J connectivity index is 2.41. The Bertz CT molecular complexity index is 483. The third-order valence-electron chi connectivity index (χ3n) is 3.50. The molecule has 0 saturated heterocycles. The maximum absolute atomic E-state index is 10.9. The third kappa shape index (κ3) is 8.31. The molecule has 0 unspecified atom stereocenters. The maximum Gasteiger partial charge on any atom is 0.150 e. The van der Waals surface area contributed by atoms with Crippen LogP contribution >= 0.6 is 0 Å². The van der Waals surface area contributed by atoms with Gasteiger partial charge in [-0.1, -0.05) is 0 Å². The normalized spacial score (nSPS) is 10.7. The molecule has 0 heterocycles. The van der Waals surface area contributed by atoms with Crippen LogP contribution in [0.15, 0.2) is 18.2 Å². The zero-order chi connectivity index (χ0) is 18.3. The number of hydrogen-bond acceptors (Lipinski definition) is 7. The lowest BCUT2D eigenvalue weighted by Crippen LogP contribution is -2.31. The summed E-state index contributed by atoms with van der Waals surface area (Å²) in [7, 11) is 1.56. The zero-order valence-electron chi connectivity index (χ0n) is 15.1. The summed E-state index contributed by atoms with van der Waals surface area (Å²) in [6.07, 6.45) is 0.775. The third-order valence-corrected chi connectivity index (χ3v) is 3.50. The fourth-order valence-corrected chi connectivity index (χ4v) is 2.26. The van der Waals surface area contributed by atoms with E-state index in [4.69, 9.17) is 18.9 Å². The highest BCUT2D eigenvalue weighted by atomic mass is 16.5. The molecule has 0 amide bonds. The van der Waals surface area contributed by atoms with Crippen LogP contribution in [0.25, 0.3) is 0 Å². The molecule has 7 nitrogen and oxygen atoms in total. The van der Waals surface area contributed by atoms with Crippen LogP contribution in [-0.2, 0) is 14.2 Å². The lowest BCUT2D eigenvalue weighted by Gasteiger charge is -2.25. The molecule has 0 aliphatic rings. The van der Waals surface area contributed by atoms with E-state index in [1.54, 1.807) is 19.2 Å². The number of nitrogens with zero attached hydrogens (tertiary/aromatic N) is 1.